The number of halogens is 1. The van der Waals surface area contributed by atoms with Gasteiger partial charge in [0.2, 0.25) is 0 Å². The first-order valence-electron chi connectivity index (χ1n) is 6.24. The number of pyridine rings is 1. The number of ether oxygens (including phenoxy) is 1. The number of aromatic nitrogens is 1. The van der Waals surface area contributed by atoms with E-state index in [0.29, 0.717) is 0 Å². The van der Waals surface area contributed by atoms with Crippen molar-refractivity contribution in [2.75, 3.05) is 0 Å². The summed E-state index contributed by atoms with van der Waals surface area (Å²) in [6.07, 6.45) is 6.62. The molecule has 1 aliphatic heterocycles. The second-order valence-corrected chi connectivity index (χ2v) is 5.22. The van der Waals surface area contributed by atoms with E-state index in [1.54, 1.807) is 12.4 Å². The van der Waals surface area contributed by atoms with Gasteiger partial charge in [0.1, 0.15) is 11.5 Å². The number of hydrogen-bond acceptors (Lipinski definition) is 2. The van der Waals surface area contributed by atoms with E-state index in [-0.39, 0.29) is 0 Å². The molecule has 0 atom stereocenters. The van der Waals surface area contributed by atoms with E-state index in [1.165, 1.54) is 16.7 Å². The summed E-state index contributed by atoms with van der Waals surface area (Å²) in [5.74, 6) is 1.91. The molecule has 1 aliphatic rings. The van der Waals surface area contributed by atoms with Gasteiger partial charge in [-0.15, -0.1) is 0 Å². The van der Waals surface area contributed by atoms with E-state index < -0.39 is 0 Å². The molecule has 1 aromatic heterocycles. The fourth-order valence-electron chi connectivity index (χ4n) is 2.36. The van der Waals surface area contributed by atoms with Crippen molar-refractivity contribution < 1.29 is 4.74 Å². The average Bonchev–Trinajstić information content (AvgIpc) is 2.46. The molecule has 0 N–H and O–H groups in total. The van der Waals surface area contributed by atoms with Gasteiger partial charge in [-0.3, -0.25) is 4.98 Å². The zero-order valence-electron chi connectivity index (χ0n) is 10.7. The Hall–Kier alpha value is -1.61. The number of alkyl halides is 1. The van der Waals surface area contributed by atoms with Crippen LogP contribution in [0.1, 0.15) is 22.3 Å². The van der Waals surface area contributed by atoms with E-state index >= 15 is 0 Å². The Kier molecular flexibility index (Phi) is 3.38. The van der Waals surface area contributed by atoms with Crippen molar-refractivity contribution in [2.24, 2.45) is 0 Å². The third-order valence-corrected chi connectivity index (χ3v) is 3.82. The monoisotopic (exact) mass is 315 g/mol. The minimum atomic E-state index is 0.806. The van der Waals surface area contributed by atoms with Crippen molar-refractivity contribution >= 4 is 21.7 Å². The van der Waals surface area contributed by atoms with Crippen molar-refractivity contribution in [1.29, 1.82) is 0 Å². The zero-order chi connectivity index (χ0) is 13.2. The number of hydrogen-bond donors (Lipinski definition) is 0. The van der Waals surface area contributed by atoms with Crippen LogP contribution >= 0.6 is 15.9 Å². The molecule has 1 aromatic carbocycles. The molecule has 96 valence electrons. The highest BCUT2D eigenvalue weighted by molar-refractivity contribution is 9.08. The van der Waals surface area contributed by atoms with Crippen LogP contribution in [-0.2, 0) is 11.8 Å². The van der Waals surface area contributed by atoms with E-state index in [2.05, 4.69) is 46.0 Å². The lowest BCUT2D eigenvalue weighted by molar-refractivity contribution is 0.493. The van der Waals surface area contributed by atoms with Crippen LogP contribution in [0.3, 0.4) is 0 Å². The number of nitrogens with zero attached hydrogens (tertiary/aromatic N) is 1. The number of rotatable bonds is 2. The van der Waals surface area contributed by atoms with Crippen LogP contribution in [0, 0.1) is 6.92 Å². The highest BCUT2D eigenvalue weighted by Gasteiger charge is 2.17. The van der Waals surface area contributed by atoms with Crippen LogP contribution in [0.5, 0.6) is 5.75 Å². The summed E-state index contributed by atoms with van der Waals surface area (Å²) in [4.78, 5) is 4.04. The number of aryl methyl sites for hydroxylation is 1. The maximum Gasteiger partial charge on any atom is 0.135 e. The van der Waals surface area contributed by atoms with Gasteiger partial charge < -0.3 is 4.74 Å². The van der Waals surface area contributed by atoms with E-state index in [1.807, 2.05) is 12.1 Å². The zero-order valence-corrected chi connectivity index (χ0v) is 12.3. The second-order valence-electron chi connectivity index (χ2n) is 4.66. The lowest BCUT2D eigenvalue weighted by Crippen LogP contribution is -2.06. The third kappa shape index (κ3) is 2.43. The van der Waals surface area contributed by atoms with Gasteiger partial charge in [-0.1, -0.05) is 33.6 Å². The summed E-state index contributed by atoms with van der Waals surface area (Å²) in [5, 5.41) is 0.806. The smallest absolute Gasteiger partial charge is 0.135 e. The summed E-state index contributed by atoms with van der Waals surface area (Å²) in [7, 11) is 0. The number of benzene rings is 1. The summed E-state index contributed by atoms with van der Waals surface area (Å²) in [5.41, 5.74) is 4.81. The Morgan fingerprint density at radius 3 is 2.79 bits per heavy atom. The van der Waals surface area contributed by atoms with E-state index in [0.717, 1.165) is 28.8 Å². The fraction of sp³-hybridized carbons (Fsp3) is 0.188. The first-order chi connectivity index (χ1) is 9.28. The van der Waals surface area contributed by atoms with Crippen molar-refractivity contribution in [3.63, 3.8) is 0 Å². The SMILES string of the molecule is Cc1cc(CBr)c2c(c1)CC=C(c1ccncc1)O2. The first-order valence-corrected chi connectivity index (χ1v) is 7.37. The summed E-state index contributed by atoms with van der Waals surface area (Å²) >= 11 is 3.54. The van der Waals surface area contributed by atoms with Crippen molar-refractivity contribution in [3.8, 4) is 5.75 Å². The molecule has 19 heavy (non-hydrogen) atoms. The second kappa shape index (κ2) is 5.17. The molecule has 2 aromatic rings. The molecule has 0 saturated carbocycles. The predicted octanol–water partition coefficient (Wildman–Crippen LogP) is 4.26. The maximum atomic E-state index is 6.10. The van der Waals surface area contributed by atoms with Crippen LogP contribution in [-0.4, -0.2) is 4.98 Å². The molecule has 3 heteroatoms. The molecular formula is C16H14BrNO. The van der Waals surface area contributed by atoms with Crippen LogP contribution in [0.4, 0.5) is 0 Å². The molecule has 0 fully saturated rings. The third-order valence-electron chi connectivity index (χ3n) is 3.22. The van der Waals surface area contributed by atoms with Crippen molar-refractivity contribution in [2.45, 2.75) is 18.7 Å². The number of allylic oxidation sites excluding steroid dienone is 1. The van der Waals surface area contributed by atoms with Gasteiger partial charge in [-0.2, -0.15) is 0 Å². The van der Waals surface area contributed by atoms with Gasteiger partial charge in [0, 0.05) is 28.9 Å². The normalized spacial score (nSPS) is 13.5. The topological polar surface area (TPSA) is 22.1 Å². The fourth-order valence-corrected chi connectivity index (χ4v) is 2.77. The highest BCUT2D eigenvalue weighted by Crippen LogP contribution is 2.35. The Balaban J connectivity index is 2.00. The summed E-state index contributed by atoms with van der Waals surface area (Å²) in [6, 6.07) is 8.31. The van der Waals surface area contributed by atoms with Crippen LogP contribution in [0.2, 0.25) is 0 Å². The lowest BCUT2D eigenvalue weighted by Gasteiger charge is -2.21. The van der Waals surface area contributed by atoms with Gasteiger partial charge in [0.05, 0.1) is 0 Å². The summed E-state index contributed by atoms with van der Waals surface area (Å²) < 4.78 is 6.10. The molecule has 0 unspecified atom stereocenters. The molecule has 2 heterocycles. The Labute approximate surface area is 121 Å². The largest absolute Gasteiger partial charge is 0.456 e. The first kappa shape index (κ1) is 12.4. The quantitative estimate of drug-likeness (QED) is 0.772. The minimum Gasteiger partial charge on any atom is -0.456 e. The predicted molar refractivity (Wildman–Crippen MR) is 80.4 cm³/mol. The number of fused-ring (bicyclic) bond motifs is 1. The molecular weight excluding hydrogens is 302 g/mol. The lowest BCUT2D eigenvalue weighted by atomic mass is 10.00. The van der Waals surface area contributed by atoms with Crippen LogP contribution < -0.4 is 4.74 Å². The molecule has 0 spiro atoms. The van der Waals surface area contributed by atoms with Gasteiger partial charge in [-0.05, 0) is 37.1 Å². The standard InChI is InChI=1S/C16H14BrNO/c1-11-8-13-2-3-15(12-4-6-18-7-5-12)19-16(13)14(9-11)10-17/h3-9H,2,10H2,1H3. The van der Waals surface area contributed by atoms with E-state index in [4.69, 9.17) is 4.74 Å². The molecule has 0 saturated heterocycles. The molecule has 0 radical (unpaired) electrons. The molecule has 0 bridgehead atoms. The van der Waals surface area contributed by atoms with Crippen molar-refractivity contribution in [1.82, 2.24) is 4.98 Å². The Morgan fingerprint density at radius 2 is 2.05 bits per heavy atom. The highest BCUT2D eigenvalue weighted by atomic mass is 79.9. The maximum absolute atomic E-state index is 6.10. The van der Waals surface area contributed by atoms with Gasteiger partial charge in [0.15, 0.2) is 0 Å². The Bertz CT molecular complexity index is 635. The van der Waals surface area contributed by atoms with Crippen LogP contribution in [0.25, 0.3) is 5.76 Å². The molecule has 0 aliphatic carbocycles. The van der Waals surface area contributed by atoms with Gasteiger partial charge >= 0.3 is 0 Å². The van der Waals surface area contributed by atoms with Gasteiger partial charge in [0.25, 0.3) is 0 Å². The molecule has 0 amide bonds. The van der Waals surface area contributed by atoms with Crippen LogP contribution in [0.15, 0.2) is 42.7 Å². The minimum absolute atomic E-state index is 0.806. The molecule has 3 rings (SSSR count). The van der Waals surface area contributed by atoms with E-state index in [9.17, 15) is 0 Å². The van der Waals surface area contributed by atoms with Gasteiger partial charge in [-0.25, -0.2) is 0 Å². The van der Waals surface area contributed by atoms with Crippen molar-refractivity contribution in [3.05, 3.63) is 65.0 Å². The average molecular weight is 316 g/mol. The molecule has 2 nitrogen and oxygen atoms in total. The Morgan fingerprint density at radius 1 is 1.26 bits per heavy atom. The summed E-state index contributed by atoms with van der Waals surface area (Å²) in [6.45, 7) is 2.12.